The highest BCUT2D eigenvalue weighted by Crippen LogP contribution is 2.33. The number of nitrogens with zero attached hydrogens (tertiary/aromatic N) is 4. The summed E-state index contributed by atoms with van der Waals surface area (Å²) in [7, 11) is 2.55. The predicted molar refractivity (Wildman–Crippen MR) is 116 cm³/mol. The summed E-state index contributed by atoms with van der Waals surface area (Å²) < 4.78 is 75.5. The number of amides is 6. The molecule has 2 fully saturated rings. The summed E-state index contributed by atoms with van der Waals surface area (Å²) in [6.45, 7) is -0.809. The Morgan fingerprint density at radius 1 is 0.632 bits per heavy atom. The zero-order chi connectivity index (χ0) is 28.4. The lowest BCUT2D eigenvalue weighted by Crippen LogP contribution is -2.52. The van der Waals surface area contributed by atoms with Gasteiger partial charge in [0.2, 0.25) is 0 Å². The fourth-order valence-corrected chi connectivity index (χ4v) is 3.19. The molecule has 2 aromatic carbocycles. The number of hydrogen-bond acceptors (Lipinski definition) is 6. The van der Waals surface area contributed by atoms with Crippen LogP contribution < -0.4 is 9.80 Å². The molecule has 6 amide bonds. The number of carbonyl (C=O) groups is 4. The molecule has 2 aliphatic rings. The summed E-state index contributed by atoms with van der Waals surface area (Å²) in [5.74, 6) is -1.44. The van der Waals surface area contributed by atoms with E-state index in [0.29, 0.717) is 9.80 Å². The van der Waals surface area contributed by atoms with Crippen LogP contribution in [0.2, 0.25) is 0 Å². The first-order valence-corrected chi connectivity index (χ1v) is 10.4. The summed E-state index contributed by atoms with van der Waals surface area (Å²) in [5, 5.41) is 1.59. The molecule has 0 spiro atoms. The summed E-state index contributed by atoms with van der Waals surface area (Å²) in [6, 6.07) is 6.32. The van der Waals surface area contributed by atoms with Gasteiger partial charge in [-0.1, -0.05) is 12.1 Å². The van der Waals surface area contributed by atoms with Crippen LogP contribution in [0.4, 0.5) is 47.3 Å². The minimum Gasteiger partial charge on any atom is -0.271 e. The summed E-state index contributed by atoms with van der Waals surface area (Å²) in [4.78, 5) is 57.4. The van der Waals surface area contributed by atoms with Gasteiger partial charge in [0.25, 0.3) is 11.8 Å². The van der Waals surface area contributed by atoms with E-state index in [1.54, 1.807) is 0 Å². The second-order valence-electron chi connectivity index (χ2n) is 7.66. The highest BCUT2D eigenvalue weighted by atomic mass is 19.4. The molecule has 204 valence electrons. The third-order valence-electron chi connectivity index (χ3n) is 5.05. The molecule has 0 atom stereocenters. The predicted octanol–water partition coefficient (Wildman–Crippen LogP) is 4.07. The van der Waals surface area contributed by atoms with Gasteiger partial charge in [-0.3, -0.25) is 19.3 Å². The maximum Gasteiger partial charge on any atom is 0.416 e. The molecule has 0 aliphatic carbocycles. The Hall–Kier alpha value is -4.18. The van der Waals surface area contributed by atoms with Gasteiger partial charge in [-0.2, -0.15) is 26.3 Å². The highest BCUT2D eigenvalue weighted by Gasteiger charge is 2.37. The molecule has 0 saturated carbocycles. The average Bonchev–Trinajstić information content (AvgIpc) is 2.84. The lowest BCUT2D eigenvalue weighted by Gasteiger charge is -2.30. The smallest absolute Gasteiger partial charge is 0.271 e. The van der Waals surface area contributed by atoms with Gasteiger partial charge in [-0.15, -0.1) is 0 Å². The first-order valence-electron chi connectivity index (χ1n) is 10.4. The van der Waals surface area contributed by atoms with Gasteiger partial charge in [0.05, 0.1) is 22.5 Å². The lowest BCUT2D eigenvalue weighted by atomic mass is 10.2. The average molecular weight is 548 g/mol. The number of carbonyl (C=O) groups excluding carboxylic acids is 4. The number of alkyl halides is 6. The summed E-state index contributed by atoms with van der Waals surface area (Å²) in [5.41, 5.74) is -2.14. The number of urea groups is 2. The zero-order valence-corrected chi connectivity index (χ0v) is 19.5. The minimum atomic E-state index is -4.54. The third kappa shape index (κ3) is 6.20. The standard InChI is InChI=1S/2C11H9F3N2O3/c2*1-15-10(18)16(9(17)6-19-15)8-4-2-3-7(5-8)11(12,13)14/h2*2-5H,6H2,1H3. The van der Waals surface area contributed by atoms with E-state index in [-0.39, 0.29) is 11.4 Å². The number of hydrogen-bond donors (Lipinski definition) is 0. The van der Waals surface area contributed by atoms with Gasteiger partial charge in [0, 0.05) is 14.1 Å². The molecule has 38 heavy (non-hydrogen) atoms. The Morgan fingerprint density at radius 3 is 1.29 bits per heavy atom. The molecule has 0 N–H and O–H groups in total. The molecule has 16 heteroatoms. The van der Waals surface area contributed by atoms with Crippen molar-refractivity contribution >= 4 is 35.3 Å². The van der Waals surface area contributed by atoms with Crippen molar-refractivity contribution in [2.75, 3.05) is 37.1 Å². The monoisotopic (exact) mass is 548 g/mol. The maximum absolute atomic E-state index is 12.6. The van der Waals surface area contributed by atoms with E-state index in [1.807, 2.05) is 0 Å². The van der Waals surface area contributed by atoms with E-state index in [1.165, 1.54) is 26.2 Å². The van der Waals surface area contributed by atoms with Crippen LogP contribution in [-0.2, 0) is 31.6 Å². The van der Waals surface area contributed by atoms with E-state index in [2.05, 4.69) is 0 Å². The number of anilines is 2. The minimum absolute atomic E-state index is 0.139. The Labute approximate surface area is 210 Å². The fourth-order valence-electron chi connectivity index (χ4n) is 3.19. The molecule has 2 saturated heterocycles. The van der Waals surface area contributed by atoms with Crippen LogP contribution in [0.25, 0.3) is 0 Å². The van der Waals surface area contributed by atoms with Crippen LogP contribution >= 0.6 is 0 Å². The molecule has 2 aromatic rings. The zero-order valence-electron chi connectivity index (χ0n) is 19.5. The molecule has 4 rings (SSSR count). The van der Waals surface area contributed by atoms with E-state index in [9.17, 15) is 45.5 Å². The van der Waals surface area contributed by atoms with Crippen LogP contribution in [0.3, 0.4) is 0 Å². The van der Waals surface area contributed by atoms with E-state index >= 15 is 0 Å². The van der Waals surface area contributed by atoms with Gasteiger partial charge in [-0.05, 0) is 36.4 Å². The van der Waals surface area contributed by atoms with Crippen molar-refractivity contribution in [3.63, 3.8) is 0 Å². The highest BCUT2D eigenvalue weighted by molar-refractivity contribution is 6.16. The second kappa shape index (κ2) is 10.7. The molecule has 2 heterocycles. The Morgan fingerprint density at radius 2 is 0.974 bits per heavy atom. The van der Waals surface area contributed by atoms with Crippen molar-refractivity contribution in [2.24, 2.45) is 0 Å². The number of benzene rings is 2. The Bertz CT molecular complexity index is 1160. The quantitative estimate of drug-likeness (QED) is 0.525. The lowest BCUT2D eigenvalue weighted by molar-refractivity contribution is -0.149. The molecular weight excluding hydrogens is 530 g/mol. The fraction of sp³-hybridized carbons (Fsp3) is 0.273. The molecular formula is C22H18F6N4O6. The van der Waals surface area contributed by atoms with E-state index < -0.39 is 60.6 Å². The first-order chi connectivity index (χ1) is 17.6. The SMILES string of the molecule is CN1OCC(=O)N(c2cccc(C(F)(F)F)c2)C1=O.CN1OCC(=O)N(c2cccc(C(F)(F)F)c2)C1=O. The van der Waals surface area contributed by atoms with Crippen molar-refractivity contribution in [1.82, 2.24) is 10.1 Å². The van der Waals surface area contributed by atoms with Crippen molar-refractivity contribution in [1.29, 1.82) is 0 Å². The van der Waals surface area contributed by atoms with Crippen LogP contribution in [0.15, 0.2) is 48.5 Å². The van der Waals surface area contributed by atoms with E-state index in [4.69, 9.17) is 9.68 Å². The van der Waals surface area contributed by atoms with Gasteiger partial charge < -0.3 is 0 Å². The van der Waals surface area contributed by atoms with Crippen molar-refractivity contribution in [2.45, 2.75) is 12.4 Å². The van der Waals surface area contributed by atoms with Crippen LogP contribution in [0.5, 0.6) is 0 Å². The van der Waals surface area contributed by atoms with E-state index in [0.717, 1.165) is 46.5 Å². The number of hydroxylamine groups is 4. The van der Waals surface area contributed by atoms with Crippen molar-refractivity contribution in [3.05, 3.63) is 59.7 Å². The molecule has 0 unspecified atom stereocenters. The summed E-state index contributed by atoms with van der Waals surface area (Å²) >= 11 is 0. The number of imide groups is 2. The van der Waals surface area contributed by atoms with Gasteiger partial charge in [-0.25, -0.2) is 29.5 Å². The van der Waals surface area contributed by atoms with Gasteiger partial charge >= 0.3 is 24.4 Å². The molecule has 0 radical (unpaired) electrons. The molecule has 2 aliphatic heterocycles. The second-order valence-corrected chi connectivity index (χ2v) is 7.66. The molecule has 0 bridgehead atoms. The normalized spacial score (nSPS) is 17.1. The summed E-state index contributed by atoms with van der Waals surface area (Å²) in [6.07, 6.45) is -9.08. The van der Waals surface area contributed by atoms with Crippen LogP contribution in [-0.4, -0.2) is 61.3 Å². The third-order valence-corrected chi connectivity index (χ3v) is 5.05. The largest absolute Gasteiger partial charge is 0.416 e. The Balaban J connectivity index is 0.000000211. The van der Waals surface area contributed by atoms with Crippen LogP contribution in [0, 0.1) is 0 Å². The van der Waals surface area contributed by atoms with Gasteiger partial charge in [0.15, 0.2) is 13.2 Å². The maximum atomic E-state index is 12.6. The van der Waals surface area contributed by atoms with Crippen molar-refractivity contribution in [3.8, 4) is 0 Å². The number of rotatable bonds is 2. The van der Waals surface area contributed by atoms with Crippen LogP contribution in [0.1, 0.15) is 11.1 Å². The number of halogens is 6. The van der Waals surface area contributed by atoms with Crippen molar-refractivity contribution < 1.29 is 55.2 Å². The molecule has 0 aromatic heterocycles. The first kappa shape index (κ1) is 28.4. The Kier molecular flexibility index (Phi) is 7.97. The topological polar surface area (TPSA) is 99.7 Å². The molecule has 10 nitrogen and oxygen atoms in total. The van der Waals surface area contributed by atoms with Gasteiger partial charge in [0.1, 0.15) is 0 Å².